The molecule has 140 valence electrons. The minimum Gasteiger partial charge on any atom is -0.455 e. The number of hydrogen-bond donors (Lipinski definition) is 1. The molecule has 3 rings (SSSR count). The van der Waals surface area contributed by atoms with Crippen LogP contribution in [-0.2, 0) is 14.3 Å². The fourth-order valence-electron chi connectivity index (χ4n) is 3.07. The molecular weight excluding hydrogens is 342 g/mol. The molecule has 1 amide bonds. The Kier molecular flexibility index (Phi) is 6.39. The van der Waals surface area contributed by atoms with E-state index in [0.29, 0.717) is 18.4 Å². The molecule has 5 heteroatoms. The van der Waals surface area contributed by atoms with Gasteiger partial charge in [0.25, 0.3) is 5.91 Å². The monoisotopic (exact) mass is 365 g/mol. The minimum atomic E-state index is -0.645. The van der Waals surface area contributed by atoms with Crippen LogP contribution in [0.5, 0.6) is 0 Å². The van der Waals surface area contributed by atoms with Gasteiger partial charge in [0.2, 0.25) is 0 Å². The molecule has 3 atom stereocenters. The normalized spacial score (nSPS) is 19.9. The predicted octanol–water partition coefficient (Wildman–Crippen LogP) is 3.43. The topological polar surface area (TPSA) is 64.6 Å². The molecule has 0 saturated carbocycles. The van der Waals surface area contributed by atoms with Crippen molar-refractivity contribution in [1.82, 2.24) is 5.32 Å². The fraction of sp³-hybridized carbons (Fsp3) is 0.273. The third-order valence-corrected chi connectivity index (χ3v) is 4.49. The maximum atomic E-state index is 12.5. The van der Waals surface area contributed by atoms with Crippen LogP contribution < -0.4 is 5.32 Å². The van der Waals surface area contributed by atoms with Gasteiger partial charge >= 0.3 is 5.97 Å². The van der Waals surface area contributed by atoms with Crippen LogP contribution in [0.4, 0.5) is 0 Å². The molecule has 2 aromatic rings. The third-order valence-electron chi connectivity index (χ3n) is 4.49. The molecule has 2 aromatic carbocycles. The molecule has 0 bridgehead atoms. The van der Waals surface area contributed by atoms with E-state index in [0.717, 1.165) is 5.56 Å². The van der Waals surface area contributed by atoms with Crippen molar-refractivity contribution in [2.24, 2.45) is 0 Å². The summed E-state index contributed by atoms with van der Waals surface area (Å²) in [7, 11) is 1.52. The van der Waals surface area contributed by atoms with Gasteiger partial charge in [-0.15, -0.1) is 0 Å². The van der Waals surface area contributed by atoms with Crippen LogP contribution in [-0.4, -0.2) is 31.1 Å². The Balaban J connectivity index is 1.54. The minimum absolute atomic E-state index is 0.106. The summed E-state index contributed by atoms with van der Waals surface area (Å²) in [5.74, 6) is -0.519. The van der Waals surface area contributed by atoms with Gasteiger partial charge in [0.1, 0.15) is 6.10 Å². The van der Waals surface area contributed by atoms with Gasteiger partial charge in [0.15, 0.2) is 6.10 Å². The number of esters is 1. The van der Waals surface area contributed by atoms with E-state index >= 15 is 0 Å². The van der Waals surface area contributed by atoms with Crippen LogP contribution >= 0.6 is 0 Å². The van der Waals surface area contributed by atoms with Crippen molar-refractivity contribution < 1.29 is 19.1 Å². The van der Waals surface area contributed by atoms with E-state index in [1.54, 1.807) is 24.3 Å². The molecule has 0 radical (unpaired) electrons. The first-order valence-corrected chi connectivity index (χ1v) is 9.00. The summed E-state index contributed by atoms with van der Waals surface area (Å²) in [6.07, 6.45) is 4.14. The number of nitrogens with one attached hydrogen (secondary N) is 1. The van der Waals surface area contributed by atoms with Gasteiger partial charge in [-0.1, -0.05) is 54.6 Å². The molecule has 5 nitrogen and oxygen atoms in total. The fourth-order valence-corrected chi connectivity index (χ4v) is 3.07. The lowest BCUT2D eigenvalue weighted by Crippen LogP contribution is -2.39. The van der Waals surface area contributed by atoms with E-state index in [1.807, 2.05) is 48.6 Å². The SMILES string of the molecule is CO[C@H](C(=O)N[C@H]1C=C[C@@H](OC(=O)c2ccccc2)CC1)c1ccccc1. The number of methoxy groups -OCH3 is 1. The lowest BCUT2D eigenvalue weighted by Gasteiger charge is -2.25. The number of carbonyl (C=O) groups is 2. The number of benzene rings is 2. The first-order valence-electron chi connectivity index (χ1n) is 9.00. The molecule has 0 saturated heterocycles. The highest BCUT2D eigenvalue weighted by Gasteiger charge is 2.25. The summed E-state index contributed by atoms with van der Waals surface area (Å²) in [6, 6.07) is 18.2. The van der Waals surface area contributed by atoms with Crippen LogP contribution in [0.3, 0.4) is 0 Å². The van der Waals surface area contributed by atoms with Crippen molar-refractivity contribution in [3.8, 4) is 0 Å². The summed E-state index contributed by atoms with van der Waals surface area (Å²) in [5, 5.41) is 2.98. The Hall–Kier alpha value is -2.92. The molecule has 1 aliphatic rings. The van der Waals surface area contributed by atoms with Crippen LogP contribution in [0.15, 0.2) is 72.8 Å². The number of carbonyl (C=O) groups excluding carboxylic acids is 2. The van der Waals surface area contributed by atoms with Gasteiger partial charge < -0.3 is 14.8 Å². The van der Waals surface area contributed by atoms with Crippen molar-refractivity contribution in [3.63, 3.8) is 0 Å². The standard InChI is InChI=1S/C22H23NO4/c1-26-20(16-8-4-2-5-9-16)21(24)23-18-12-14-19(15-13-18)27-22(25)17-10-6-3-7-11-17/h2-12,14,18-20H,13,15H2,1H3,(H,23,24)/t18-,19+,20-/m0/s1. The molecule has 0 spiro atoms. The Labute approximate surface area is 159 Å². The Bertz CT molecular complexity index is 788. The first kappa shape index (κ1) is 18.9. The predicted molar refractivity (Wildman–Crippen MR) is 102 cm³/mol. The van der Waals surface area contributed by atoms with Crippen molar-refractivity contribution in [2.75, 3.05) is 7.11 Å². The van der Waals surface area contributed by atoms with Crippen molar-refractivity contribution in [3.05, 3.63) is 83.9 Å². The zero-order valence-corrected chi connectivity index (χ0v) is 15.2. The first-order chi connectivity index (χ1) is 13.2. The van der Waals surface area contributed by atoms with E-state index in [4.69, 9.17) is 9.47 Å². The zero-order valence-electron chi connectivity index (χ0n) is 15.2. The number of hydrogen-bond acceptors (Lipinski definition) is 4. The number of rotatable bonds is 6. The maximum absolute atomic E-state index is 12.5. The van der Waals surface area contributed by atoms with Crippen LogP contribution in [0.1, 0.15) is 34.9 Å². The lowest BCUT2D eigenvalue weighted by molar-refractivity contribution is -0.132. The van der Waals surface area contributed by atoms with Gasteiger partial charge in [0.05, 0.1) is 5.56 Å². The third kappa shape index (κ3) is 5.05. The van der Waals surface area contributed by atoms with Crippen molar-refractivity contribution in [2.45, 2.75) is 31.1 Å². The zero-order chi connectivity index (χ0) is 19.1. The van der Waals surface area contributed by atoms with Crippen molar-refractivity contribution >= 4 is 11.9 Å². The van der Waals surface area contributed by atoms with Crippen LogP contribution in [0.25, 0.3) is 0 Å². The Morgan fingerprint density at radius 1 is 0.963 bits per heavy atom. The van der Waals surface area contributed by atoms with E-state index in [1.165, 1.54) is 7.11 Å². The molecule has 1 N–H and O–H groups in total. The van der Waals surface area contributed by atoms with E-state index in [-0.39, 0.29) is 24.0 Å². The average Bonchev–Trinajstić information content (AvgIpc) is 2.71. The largest absolute Gasteiger partial charge is 0.455 e. The smallest absolute Gasteiger partial charge is 0.338 e. The van der Waals surface area contributed by atoms with Gasteiger partial charge in [0, 0.05) is 13.2 Å². The van der Waals surface area contributed by atoms with Gasteiger partial charge in [-0.05, 0) is 36.6 Å². The average molecular weight is 365 g/mol. The highest BCUT2D eigenvalue weighted by Crippen LogP contribution is 2.20. The summed E-state index contributed by atoms with van der Waals surface area (Å²) < 4.78 is 10.9. The van der Waals surface area contributed by atoms with E-state index in [9.17, 15) is 9.59 Å². The van der Waals surface area contributed by atoms with Crippen LogP contribution in [0.2, 0.25) is 0 Å². The van der Waals surface area contributed by atoms with E-state index < -0.39 is 6.10 Å². The van der Waals surface area contributed by atoms with Crippen LogP contribution in [0, 0.1) is 0 Å². The van der Waals surface area contributed by atoms with Gasteiger partial charge in [-0.25, -0.2) is 4.79 Å². The summed E-state index contributed by atoms with van der Waals surface area (Å²) in [6.45, 7) is 0. The second-order valence-corrected chi connectivity index (χ2v) is 6.41. The second kappa shape index (κ2) is 9.14. The number of ether oxygens (including phenoxy) is 2. The van der Waals surface area contributed by atoms with Crippen molar-refractivity contribution in [1.29, 1.82) is 0 Å². The quantitative estimate of drug-likeness (QED) is 0.629. The second-order valence-electron chi connectivity index (χ2n) is 6.41. The lowest BCUT2D eigenvalue weighted by atomic mass is 9.99. The molecule has 0 heterocycles. The Morgan fingerprint density at radius 3 is 2.22 bits per heavy atom. The molecule has 0 aliphatic heterocycles. The number of amides is 1. The molecule has 0 unspecified atom stereocenters. The molecule has 0 aromatic heterocycles. The molecule has 27 heavy (non-hydrogen) atoms. The molecular formula is C22H23NO4. The Morgan fingerprint density at radius 2 is 1.63 bits per heavy atom. The molecule has 0 fully saturated rings. The summed E-state index contributed by atoms with van der Waals surface area (Å²) >= 11 is 0. The highest BCUT2D eigenvalue weighted by atomic mass is 16.5. The van der Waals surface area contributed by atoms with Gasteiger partial charge in [-0.2, -0.15) is 0 Å². The summed E-state index contributed by atoms with van der Waals surface area (Å²) in [5.41, 5.74) is 1.35. The molecule has 1 aliphatic carbocycles. The highest BCUT2D eigenvalue weighted by molar-refractivity contribution is 5.89. The van der Waals surface area contributed by atoms with Gasteiger partial charge in [-0.3, -0.25) is 4.79 Å². The summed E-state index contributed by atoms with van der Waals surface area (Å²) in [4.78, 5) is 24.6. The maximum Gasteiger partial charge on any atom is 0.338 e. The van der Waals surface area contributed by atoms with E-state index in [2.05, 4.69) is 5.32 Å².